The van der Waals surface area contributed by atoms with Crippen LogP contribution in [0, 0.1) is 11.8 Å². The molecule has 0 aromatic rings. The van der Waals surface area contributed by atoms with E-state index in [-0.39, 0.29) is 0 Å². The number of nitrogens with zero attached hydrogens (tertiary/aromatic N) is 2. The molecule has 21 heavy (non-hydrogen) atoms. The molecule has 3 heteroatoms. The summed E-state index contributed by atoms with van der Waals surface area (Å²) in [5.41, 5.74) is 0.381. The SMILES string of the molecule is CC1CCCC(CNC(C)C2CCCN(C)C2)(N(C)C)C1. The average molecular weight is 296 g/mol. The van der Waals surface area contributed by atoms with Crippen molar-refractivity contribution in [2.75, 3.05) is 40.8 Å². The van der Waals surface area contributed by atoms with Gasteiger partial charge in [0.15, 0.2) is 0 Å². The van der Waals surface area contributed by atoms with E-state index >= 15 is 0 Å². The van der Waals surface area contributed by atoms with E-state index in [9.17, 15) is 0 Å². The molecule has 0 amide bonds. The largest absolute Gasteiger partial charge is 0.312 e. The Morgan fingerprint density at radius 1 is 1.29 bits per heavy atom. The van der Waals surface area contributed by atoms with Crippen molar-refractivity contribution in [1.82, 2.24) is 15.1 Å². The summed E-state index contributed by atoms with van der Waals surface area (Å²) in [5.74, 6) is 1.70. The number of hydrogen-bond donors (Lipinski definition) is 1. The van der Waals surface area contributed by atoms with Gasteiger partial charge in [-0.3, -0.25) is 0 Å². The van der Waals surface area contributed by atoms with Gasteiger partial charge in [0.1, 0.15) is 0 Å². The molecule has 1 heterocycles. The van der Waals surface area contributed by atoms with Crippen molar-refractivity contribution in [3.63, 3.8) is 0 Å². The van der Waals surface area contributed by atoms with E-state index in [1.165, 1.54) is 51.6 Å². The van der Waals surface area contributed by atoms with Crippen LogP contribution in [0.3, 0.4) is 0 Å². The molecule has 1 aliphatic heterocycles. The van der Waals surface area contributed by atoms with E-state index in [4.69, 9.17) is 0 Å². The number of likely N-dealkylation sites (N-methyl/N-ethyl adjacent to an activating group) is 1. The van der Waals surface area contributed by atoms with Crippen LogP contribution in [0.2, 0.25) is 0 Å². The molecule has 0 radical (unpaired) electrons. The van der Waals surface area contributed by atoms with Crippen molar-refractivity contribution >= 4 is 0 Å². The van der Waals surface area contributed by atoms with Crippen LogP contribution >= 0.6 is 0 Å². The topological polar surface area (TPSA) is 18.5 Å². The van der Waals surface area contributed by atoms with Crippen LogP contribution in [0.1, 0.15) is 52.4 Å². The molecule has 0 bridgehead atoms. The highest BCUT2D eigenvalue weighted by Crippen LogP contribution is 2.35. The van der Waals surface area contributed by atoms with E-state index in [1.807, 2.05) is 0 Å². The molecule has 3 nitrogen and oxygen atoms in total. The van der Waals surface area contributed by atoms with Gasteiger partial charge in [0.2, 0.25) is 0 Å². The van der Waals surface area contributed by atoms with Crippen LogP contribution in [0.4, 0.5) is 0 Å². The lowest BCUT2D eigenvalue weighted by Gasteiger charge is -2.46. The number of likely N-dealkylation sites (tertiary alicyclic amines) is 1. The van der Waals surface area contributed by atoms with Crippen LogP contribution in [0.5, 0.6) is 0 Å². The van der Waals surface area contributed by atoms with Crippen molar-refractivity contribution < 1.29 is 0 Å². The van der Waals surface area contributed by atoms with Crippen LogP contribution in [0.25, 0.3) is 0 Å². The quantitative estimate of drug-likeness (QED) is 0.841. The van der Waals surface area contributed by atoms with Gasteiger partial charge >= 0.3 is 0 Å². The summed E-state index contributed by atoms with van der Waals surface area (Å²) in [4.78, 5) is 4.99. The van der Waals surface area contributed by atoms with Gasteiger partial charge in [-0.05, 0) is 72.1 Å². The van der Waals surface area contributed by atoms with Gasteiger partial charge in [-0.2, -0.15) is 0 Å². The molecule has 2 rings (SSSR count). The first-order chi connectivity index (χ1) is 9.93. The van der Waals surface area contributed by atoms with Gasteiger partial charge < -0.3 is 15.1 Å². The smallest absolute Gasteiger partial charge is 0.0330 e. The first kappa shape index (κ1) is 17.2. The van der Waals surface area contributed by atoms with Crippen LogP contribution in [0.15, 0.2) is 0 Å². The third-order valence-electron chi connectivity index (χ3n) is 6.14. The summed E-state index contributed by atoms with van der Waals surface area (Å²) in [5, 5.41) is 3.92. The van der Waals surface area contributed by atoms with Gasteiger partial charge in [-0.15, -0.1) is 0 Å². The summed E-state index contributed by atoms with van der Waals surface area (Å²) in [6.07, 6.45) is 8.27. The zero-order valence-corrected chi connectivity index (χ0v) is 15.0. The number of piperidine rings is 1. The number of nitrogens with one attached hydrogen (secondary N) is 1. The van der Waals surface area contributed by atoms with Crippen molar-refractivity contribution in [3.8, 4) is 0 Å². The highest BCUT2D eigenvalue weighted by Gasteiger charge is 2.37. The molecular formula is C18H37N3. The fraction of sp³-hybridized carbons (Fsp3) is 1.00. The van der Waals surface area contributed by atoms with Crippen molar-refractivity contribution in [3.05, 3.63) is 0 Å². The summed E-state index contributed by atoms with van der Waals surface area (Å²) in [6.45, 7) is 8.53. The Kier molecular flexibility index (Phi) is 6.10. The highest BCUT2D eigenvalue weighted by molar-refractivity contribution is 4.95. The molecule has 1 aliphatic carbocycles. The fourth-order valence-electron chi connectivity index (χ4n) is 4.49. The number of rotatable bonds is 5. The van der Waals surface area contributed by atoms with Gasteiger partial charge in [0.05, 0.1) is 0 Å². The van der Waals surface area contributed by atoms with E-state index in [1.54, 1.807) is 0 Å². The van der Waals surface area contributed by atoms with Crippen molar-refractivity contribution in [2.24, 2.45) is 11.8 Å². The third-order valence-corrected chi connectivity index (χ3v) is 6.14. The summed E-state index contributed by atoms with van der Waals surface area (Å²) in [6, 6.07) is 0.641. The van der Waals surface area contributed by atoms with Crippen molar-refractivity contribution in [1.29, 1.82) is 0 Å². The van der Waals surface area contributed by atoms with E-state index < -0.39 is 0 Å². The lowest BCUT2D eigenvalue weighted by Crippen LogP contribution is -2.56. The van der Waals surface area contributed by atoms with Gasteiger partial charge in [-0.25, -0.2) is 0 Å². The molecule has 4 unspecified atom stereocenters. The zero-order valence-electron chi connectivity index (χ0n) is 15.0. The molecule has 124 valence electrons. The Bertz CT molecular complexity index is 318. The maximum atomic E-state index is 3.92. The summed E-state index contributed by atoms with van der Waals surface area (Å²) in [7, 11) is 6.82. The second kappa shape index (κ2) is 7.43. The lowest BCUT2D eigenvalue weighted by molar-refractivity contribution is 0.0674. The molecule has 4 atom stereocenters. The number of hydrogen-bond acceptors (Lipinski definition) is 3. The van der Waals surface area contributed by atoms with E-state index in [2.05, 4.69) is 50.1 Å². The molecule has 0 aromatic heterocycles. The van der Waals surface area contributed by atoms with Gasteiger partial charge in [0, 0.05) is 24.7 Å². The maximum absolute atomic E-state index is 3.92. The van der Waals surface area contributed by atoms with Gasteiger partial charge in [0.25, 0.3) is 0 Å². The normalized spacial score (nSPS) is 36.9. The Morgan fingerprint density at radius 3 is 2.67 bits per heavy atom. The predicted octanol–water partition coefficient (Wildman–Crippen LogP) is 2.82. The average Bonchev–Trinajstić information content (AvgIpc) is 2.44. The molecular weight excluding hydrogens is 258 g/mol. The zero-order chi connectivity index (χ0) is 15.5. The Balaban J connectivity index is 1.89. The Labute approximate surface area is 132 Å². The fourth-order valence-corrected chi connectivity index (χ4v) is 4.49. The molecule has 0 aromatic carbocycles. The minimum absolute atomic E-state index is 0.381. The first-order valence-corrected chi connectivity index (χ1v) is 9.02. The standard InChI is InChI=1S/C18H37N3/c1-15-8-6-10-18(12-15,20(3)4)14-19-16(2)17-9-7-11-21(5)13-17/h15-17,19H,6-14H2,1-5H3. The first-order valence-electron chi connectivity index (χ1n) is 9.02. The Morgan fingerprint density at radius 2 is 2.05 bits per heavy atom. The molecule has 1 N–H and O–H groups in total. The second-order valence-corrected chi connectivity index (χ2v) is 8.15. The van der Waals surface area contributed by atoms with Gasteiger partial charge in [-0.1, -0.05) is 19.8 Å². The monoisotopic (exact) mass is 295 g/mol. The third kappa shape index (κ3) is 4.43. The van der Waals surface area contributed by atoms with E-state index in [0.29, 0.717) is 11.6 Å². The second-order valence-electron chi connectivity index (χ2n) is 8.15. The molecule has 0 spiro atoms. The minimum Gasteiger partial charge on any atom is -0.312 e. The van der Waals surface area contributed by atoms with Crippen LogP contribution in [-0.4, -0.2) is 62.2 Å². The maximum Gasteiger partial charge on any atom is 0.0330 e. The summed E-state index contributed by atoms with van der Waals surface area (Å²) < 4.78 is 0. The summed E-state index contributed by atoms with van der Waals surface area (Å²) >= 11 is 0. The molecule has 1 saturated carbocycles. The van der Waals surface area contributed by atoms with Crippen molar-refractivity contribution in [2.45, 2.75) is 64.0 Å². The van der Waals surface area contributed by atoms with E-state index in [0.717, 1.165) is 18.4 Å². The lowest BCUT2D eigenvalue weighted by atomic mass is 9.75. The Hall–Kier alpha value is -0.120. The highest BCUT2D eigenvalue weighted by atomic mass is 15.2. The molecule has 1 saturated heterocycles. The molecule has 2 fully saturated rings. The predicted molar refractivity (Wildman–Crippen MR) is 91.7 cm³/mol. The molecule has 2 aliphatic rings. The van der Waals surface area contributed by atoms with Crippen LogP contribution in [-0.2, 0) is 0 Å². The minimum atomic E-state index is 0.381. The van der Waals surface area contributed by atoms with Crippen LogP contribution < -0.4 is 5.32 Å².